The minimum Gasteiger partial charge on any atom is -0.359 e. The zero-order chi connectivity index (χ0) is 26.4. The number of hydrogen-bond acceptors (Lipinski definition) is 5. The first-order valence-corrected chi connectivity index (χ1v) is 12.4. The summed E-state index contributed by atoms with van der Waals surface area (Å²) in [6.07, 6.45) is 0. The van der Waals surface area contributed by atoms with Crippen molar-refractivity contribution in [3.63, 3.8) is 0 Å². The third kappa shape index (κ3) is 5.24. The van der Waals surface area contributed by atoms with Gasteiger partial charge in [0.15, 0.2) is 0 Å². The van der Waals surface area contributed by atoms with Gasteiger partial charge < -0.3 is 10.1 Å². The first kappa shape index (κ1) is 27.2. The lowest BCUT2D eigenvalue weighted by Gasteiger charge is -2.43. The monoisotopic (exact) mass is 513 g/mol. The zero-order valence-corrected chi connectivity index (χ0v) is 21.4. The second-order valence-corrected chi connectivity index (χ2v) is 12.2. The maximum atomic E-state index is 15.7. The molecule has 1 N–H and O–H groups in total. The number of amides is 1. The second kappa shape index (κ2) is 8.90. The van der Waals surface area contributed by atoms with Gasteiger partial charge in [0.2, 0.25) is 5.91 Å². The highest BCUT2D eigenvalue weighted by Crippen LogP contribution is 2.48. The molecular weight excluding hydrogens is 483 g/mol. The van der Waals surface area contributed by atoms with E-state index < -0.39 is 56.5 Å². The summed E-state index contributed by atoms with van der Waals surface area (Å²) in [5, 5.41) is 2.23. The van der Waals surface area contributed by atoms with E-state index in [1.54, 1.807) is 6.07 Å². The van der Waals surface area contributed by atoms with Crippen molar-refractivity contribution >= 4 is 16.0 Å². The van der Waals surface area contributed by atoms with Crippen LogP contribution < -0.4 is 5.32 Å². The molecule has 1 aliphatic heterocycles. The van der Waals surface area contributed by atoms with Gasteiger partial charge in [0, 0.05) is 5.56 Å². The summed E-state index contributed by atoms with van der Waals surface area (Å²) >= 11 is 0. The van der Waals surface area contributed by atoms with Crippen molar-refractivity contribution in [3.8, 4) is 11.1 Å². The van der Waals surface area contributed by atoms with Gasteiger partial charge in [-0.15, -0.1) is 0 Å². The van der Waals surface area contributed by atoms with Gasteiger partial charge in [0.1, 0.15) is 23.6 Å². The molecule has 0 aromatic heterocycles. The summed E-state index contributed by atoms with van der Waals surface area (Å²) in [6.45, 7) is 8.16. The van der Waals surface area contributed by atoms with Crippen LogP contribution in [0.25, 0.3) is 11.1 Å². The number of carbonyl (C=O) groups excluding carboxylic acids is 1. The number of nitrogens with one attached hydrogen (secondary N) is 1. The van der Waals surface area contributed by atoms with Gasteiger partial charge in [0.25, 0.3) is 10.1 Å². The van der Waals surface area contributed by atoms with Gasteiger partial charge in [-0.25, -0.2) is 13.2 Å². The fraction of sp³-hybridized carbons (Fsp3) is 0.480. The SMILES string of the molecule is CC(C)(C)COS(=O)(=O)c1cccc(-c2ccc(F)c(C3(C)NC(=O)COC(C)(C)C3(F)F)c2)c1. The summed E-state index contributed by atoms with van der Waals surface area (Å²) in [6, 6.07) is 9.27. The third-order valence-corrected chi connectivity index (χ3v) is 7.21. The normalized spacial score (nSPS) is 22.4. The van der Waals surface area contributed by atoms with E-state index >= 15 is 13.2 Å². The van der Waals surface area contributed by atoms with E-state index in [2.05, 4.69) is 5.32 Å². The summed E-state index contributed by atoms with van der Waals surface area (Å²) in [7, 11) is -4.09. The van der Waals surface area contributed by atoms with Crippen molar-refractivity contribution in [1.29, 1.82) is 0 Å². The Balaban J connectivity index is 2.09. The smallest absolute Gasteiger partial charge is 0.302 e. The molecule has 2 aromatic carbocycles. The second-order valence-electron chi connectivity index (χ2n) is 10.5. The number of hydrogen-bond donors (Lipinski definition) is 1. The molecule has 1 heterocycles. The van der Waals surface area contributed by atoms with Gasteiger partial charge in [-0.2, -0.15) is 8.42 Å². The number of carbonyl (C=O) groups is 1. The lowest BCUT2D eigenvalue weighted by atomic mass is 9.77. The Hall–Kier alpha value is -2.43. The van der Waals surface area contributed by atoms with E-state index in [1.807, 2.05) is 20.8 Å². The predicted molar refractivity (Wildman–Crippen MR) is 125 cm³/mol. The Kier molecular flexibility index (Phi) is 6.91. The van der Waals surface area contributed by atoms with E-state index in [1.165, 1.54) is 30.3 Å². The van der Waals surface area contributed by atoms with E-state index in [9.17, 15) is 13.2 Å². The Morgan fingerprint density at radius 2 is 1.69 bits per heavy atom. The van der Waals surface area contributed by atoms with Crippen LogP contribution in [0.5, 0.6) is 0 Å². The maximum Gasteiger partial charge on any atom is 0.302 e. The van der Waals surface area contributed by atoms with Crippen LogP contribution in [0.15, 0.2) is 47.4 Å². The van der Waals surface area contributed by atoms with Crippen LogP contribution in [0.4, 0.5) is 13.2 Å². The minimum atomic E-state index is -4.09. The summed E-state index contributed by atoms with van der Waals surface area (Å²) < 4.78 is 82.0. The number of rotatable bonds is 5. The molecule has 1 atom stereocenters. The van der Waals surface area contributed by atoms with E-state index in [4.69, 9.17) is 8.92 Å². The molecule has 35 heavy (non-hydrogen) atoms. The Labute approximate surface area is 203 Å². The van der Waals surface area contributed by atoms with Crippen molar-refractivity contribution in [2.45, 2.75) is 63.5 Å². The molecule has 2 aromatic rings. The molecule has 0 spiro atoms. The Morgan fingerprint density at radius 1 is 1.06 bits per heavy atom. The van der Waals surface area contributed by atoms with Crippen molar-refractivity contribution in [3.05, 3.63) is 53.8 Å². The van der Waals surface area contributed by atoms with Crippen LogP contribution in [-0.4, -0.2) is 39.1 Å². The zero-order valence-electron chi connectivity index (χ0n) is 20.5. The average molecular weight is 514 g/mol. The molecule has 10 heteroatoms. The van der Waals surface area contributed by atoms with Crippen LogP contribution in [0, 0.1) is 11.2 Å². The molecular formula is C25H30F3NO5S. The first-order chi connectivity index (χ1) is 15.9. The van der Waals surface area contributed by atoms with Crippen LogP contribution in [0.1, 0.15) is 47.1 Å². The molecule has 1 fully saturated rings. The third-order valence-electron chi connectivity index (χ3n) is 5.95. The van der Waals surface area contributed by atoms with Crippen LogP contribution in [0.3, 0.4) is 0 Å². The molecule has 0 saturated carbocycles. The van der Waals surface area contributed by atoms with Crippen molar-refractivity contribution in [1.82, 2.24) is 5.32 Å². The fourth-order valence-electron chi connectivity index (χ4n) is 3.81. The molecule has 1 unspecified atom stereocenters. The van der Waals surface area contributed by atoms with Crippen LogP contribution >= 0.6 is 0 Å². The molecule has 1 aliphatic rings. The van der Waals surface area contributed by atoms with Gasteiger partial charge in [-0.1, -0.05) is 39.0 Å². The first-order valence-electron chi connectivity index (χ1n) is 11.0. The highest BCUT2D eigenvalue weighted by atomic mass is 32.2. The minimum absolute atomic E-state index is 0.0365. The van der Waals surface area contributed by atoms with E-state index in [0.29, 0.717) is 5.56 Å². The van der Waals surface area contributed by atoms with Crippen LogP contribution in [0.2, 0.25) is 0 Å². The predicted octanol–water partition coefficient (Wildman–Crippen LogP) is 5.02. The van der Waals surface area contributed by atoms with Crippen molar-refractivity contribution in [2.24, 2.45) is 5.41 Å². The number of ether oxygens (including phenoxy) is 1. The average Bonchev–Trinajstić information content (AvgIpc) is 2.81. The topological polar surface area (TPSA) is 81.7 Å². The lowest BCUT2D eigenvalue weighted by molar-refractivity contribution is -0.216. The molecule has 1 amide bonds. The van der Waals surface area contributed by atoms with Gasteiger partial charge in [-0.3, -0.25) is 8.98 Å². The van der Waals surface area contributed by atoms with Gasteiger partial charge >= 0.3 is 5.92 Å². The lowest BCUT2D eigenvalue weighted by Crippen LogP contribution is -2.62. The standard InChI is InChI=1S/C25H30F3NO5S/c1-22(2,3)15-34-35(31,32)18-9-7-8-16(12-18)17-10-11-20(26)19(13-17)24(6)25(27,28)23(4,5)33-14-21(30)29-24/h7-13H,14-15H2,1-6H3,(H,29,30). The summed E-state index contributed by atoms with van der Waals surface area (Å²) in [5.41, 5.74) is -4.75. The Morgan fingerprint density at radius 3 is 2.31 bits per heavy atom. The Bertz CT molecular complexity index is 1240. The quantitative estimate of drug-likeness (QED) is 0.568. The van der Waals surface area contributed by atoms with Gasteiger partial charge in [-0.05, 0) is 61.6 Å². The highest BCUT2D eigenvalue weighted by molar-refractivity contribution is 7.86. The molecule has 0 bridgehead atoms. The van der Waals surface area contributed by atoms with E-state index in [0.717, 1.165) is 26.8 Å². The summed E-state index contributed by atoms with van der Waals surface area (Å²) in [5.74, 6) is -5.48. The molecule has 0 aliphatic carbocycles. The molecule has 0 radical (unpaired) electrons. The molecule has 3 rings (SSSR count). The number of alkyl halides is 2. The number of benzene rings is 2. The largest absolute Gasteiger partial charge is 0.359 e. The van der Waals surface area contributed by atoms with Crippen molar-refractivity contribution in [2.75, 3.05) is 13.2 Å². The van der Waals surface area contributed by atoms with Crippen LogP contribution in [-0.2, 0) is 29.4 Å². The highest BCUT2D eigenvalue weighted by Gasteiger charge is 2.64. The van der Waals surface area contributed by atoms with Gasteiger partial charge in [0.05, 0.1) is 11.5 Å². The fourth-order valence-corrected chi connectivity index (χ4v) is 4.97. The number of halogens is 3. The molecule has 192 valence electrons. The van der Waals surface area contributed by atoms with Crippen molar-refractivity contribution < 1.29 is 35.3 Å². The molecule has 1 saturated heterocycles. The summed E-state index contributed by atoms with van der Waals surface area (Å²) in [4.78, 5) is 12.1. The van der Waals surface area contributed by atoms with E-state index in [-0.39, 0.29) is 17.1 Å². The molecule has 6 nitrogen and oxygen atoms in total. The maximum absolute atomic E-state index is 15.7.